The summed E-state index contributed by atoms with van der Waals surface area (Å²) in [6.45, 7) is 16.0. The summed E-state index contributed by atoms with van der Waals surface area (Å²) in [5.41, 5.74) is 1.77. The lowest BCUT2D eigenvalue weighted by molar-refractivity contribution is -0.189. The molecule has 9 heteroatoms. The van der Waals surface area contributed by atoms with E-state index in [-0.39, 0.29) is 75.4 Å². The van der Waals surface area contributed by atoms with Gasteiger partial charge in [-0.25, -0.2) is 10.3 Å². The highest BCUT2D eigenvalue weighted by Crippen LogP contribution is 2.74. The number of carboxylic acid groups (broad SMARTS) is 1. The molecule has 5 aliphatic rings. The van der Waals surface area contributed by atoms with Gasteiger partial charge in [-0.1, -0.05) is 47.1 Å². The molecule has 0 aliphatic heterocycles. The standard InChI is InChI=1S/C34H53N3O6/c1-29(2)23-10-13-34(7)27(32(23,5)12-11-24(29)35-25(39)8-9-26(40)41)22(38)18-20-21-19-31(4,36-28(42)37-43)16-14-30(21,3)15-17-33(20,34)6/h18,21,23-24,27,43H,8-17,19H2,1-7H3,(H,35,39)(H,40,41)(H2,36,37,42)/t21-,23-,24-,27+,30+,31-,32-,33+,34+/m0/s1. The summed E-state index contributed by atoms with van der Waals surface area (Å²) in [7, 11) is 0. The van der Waals surface area contributed by atoms with Crippen LogP contribution in [-0.4, -0.2) is 45.6 Å². The number of urea groups is 1. The Bertz CT molecular complexity index is 1250. The normalized spacial score (nSPS) is 44.8. The van der Waals surface area contributed by atoms with Gasteiger partial charge >= 0.3 is 12.0 Å². The third kappa shape index (κ3) is 4.83. The highest BCUT2D eigenvalue weighted by Gasteiger charge is 2.70. The number of carbonyl (C=O) groups excluding carboxylic acids is 3. The molecule has 5 rings (SSSR count). The Morgan fingerprint density at radius 2 is 1.58 bits per heavy atom. The van der Waals surface area contributed by atoms with E-state index in [0.29, 0.717) is 0 Å². The van der Waals surface area contributed by atoms with Gasteiger partial charge in [0, 0.05) is 23.9 Å². The van der Waals surface area contributed by atoms with Crippen LogP contribution in [0.15, 0.2) is 11.6 Å². The van der Waals surface area contributed by atoms with Crippen molar-refractivity contribution in [3.05, 3.63) is 11.6 Å². The Morgan fingerprint density at radius 1 is 0.907 bits per heavy atom. The van der Waals surface area contributed by atoms with Crippen LogP contribution in [-0.2, 0) is 14.4 Å². The van der Waals surface area contributed by atoms with Crippen molar-refractivity contribution in [3.63, 3.8) is 0 Å². The van der Waals surface area contributed by atoms with Crippen LogP contribution >= 0.6 is 0 Å². The lowest BCUT2D eigenvalue weighted by Gasteiger charge is -2.70. The maximum Gasteiger partial charge on any atom is 0.338 e. The SMILES string of the molecule is CC1(C)[C@@H](NC(=O)CCC(=O)O)CC[C@]2(C)[C@H]3C(=O)C=C4[C@@H]5C[C@@](C)(NC(=O)NO)CC[C@]5(C)CC[C@@]4(C)[C@]3(C)CC[C@@H]12. The van der Waals surface area contributed by atoms with Gasteiger partial charge in [-0.2, -0.15) is 0 Å². The Labute approximate surface area is 256 Å². The smallest absolute Gasteiger partial charge is 0.338 e. The Morgan fingerprint density at radius 3 is 2.23 bits per heavy atom. The minimum atomic E-state index is -0.971. The summed E-state index contributed by atoms with van der Waals surface area (Å²) in [5, 5.41) is 24.4. The molecule has 0 heterocycles. The molecule has 9 nitrogen and oxygen atoms in total. The number of hydroxylamine groups is 1. The largest absolute Gasteiger partial charge is 0.481 e. The summed E-state index contributed by atoms with van der Waals surface area (Å²) in [6.07, 6.45) is 10.00. The molecule has 0 aromatic heterocycles. The van der Waals surface area contributed by atoms with Crippen molar-refractivity contribution in [2.24, 2.45) is 44.8 Å². The second kappa shape index (κ2) is 10.3. The molecular formula is C34H53N3O6. The van der Waals surface area contributed by atoms with Gasteiger partial charge in [0.2, 0.25) is 5.91 Å². The average Bonchev–Trinajstić information content (AvgIpc) is 2.91. The van der Waals surface area contributed by atoms with Crippen LogP contribution in [0.4, 0.5) is 4.79 Å². The van der Waals surface area contributed by atoms with Crippen LogP contribution in [0.3, 0.4) is 0 Å². The number of carbonyl (C=O) groups is 4. The molecule has 43 heavy (non-hydrogen) atoms. The van der Waals surface area contributed by atoms with E-state index in [0.717, 1.165) is 57.8 Å². The summed E-state index contributed by atoms with van der Waals surface area (Å²) >= 11 is 0. The van der Waals surface area contributed by atoms with Crippen LogP contribution in [0.1, 0.15) is 119 Å². The molecule has 240 valence electrons. The molecule has 0 spiro atoms. The molecule has 0 unspecified atom stereocenters. The quantitative estimate of drug-likeness (QED) is 0.201. The number of aliphatic carboxylic acids is 1. The fourth-order valence-electron chi connectivity index (χ4n) is 11.3. The number of rotatable bonds is 5. The molecule has 3 amide bonds. The average molecular weight is 600 g/mol. The maximum absolute atomic E-state index is 14.6. The zero-order valence-corrected chi connectivity index (χ0v) is 27.2. The number of ketones is 1. The van der Waals surface area contributed by atoms with Crippen molar-refractivity contribution < 1.29 is 29.5 Å². The summed E-state index contributed by atoms with van der Waals surface area (Å²) in [6, 6.07) is -0.650. The Hall–Kier alpha value is -2.42. The van der Waals surface area contributed by atoms with Gasteiger partial charge in [0.15, 0.2) is 5.78 Å². The third-order valence-electron chi connectivity index (χ3n) is 14.0. The lowest BCUT2D eigenvalue weighted by Crippen LogP contribution is -2.68. The first-order valence-corrected chi connectivity index (χ1v) is 16.3. The number of amides is 3. The highest BCUT2D eigenvalue weighted by molar-refractivity contribution is 5.95. The van der Waals surface area contributed by atoms with Crippen LogP contribution in [0.2, 0.25) is 0 Å². The number of hydrogen-bond donors (Lipinski definition) is 5. The summed E-state index contributed by atoms with van der Waals surface area (Å²) in [4.78, 5) is 50.4. The molecule has 4 saturated carbocycles. The summed E-state index contributed by atoms with van der Waals surface area (Å²) < 4.78 is 0. The number of allylic oxidation sites excluding steroid dienone is 2. The van der Waals surface area contributed by atoms with Crippen molar-refractivity contribution in [3.8, 4) is 0 Å². The molecule has 0 radical (unpaired) electrons. The van der Waals surface area contributed by atoms with Gasteiger partial charge in [-0.05, 0) is 110 Å². The Balaban J connectivity index is 1.47. The van der Waals surface area contributed by atoms with Gasteiger partial charge in [-0.15, -0.1) is 0 Å². The first kappa shape index (κ1) is 32.0. The predicted octanol–water partition coefficient (Wildman–Crippen LogP) is 5.76. The number of nitrogens with one attached hydrogen (secondary N) is 3. The highest BCUT2D eigenvalue weighted by atomic mass is 16.5. The molecular weight excluding hydrogens is 546 g/mol. The van der Waals surface area contributed by atoms with Gasteiger partial charge in [0.05, 0.1) is 6.42 Å². The fraction of sp³-hybridized carbons (Fsp3) is 0.824. The molecule has 0 saturated heterocycles. The van der Waals surface area contributed by atoms with Gasteiger partial charge in [0.25, 0.3) is 0 Å². The number of hydrogen-bond acceptors (Lipinski definition) is 5. The van der Waals surface area contributed by atoms with E-state index in [1.165, 1.54) is 5.57 Å². The van der Waals surface area contributed by atoms with Crippen LogP contribution in [0.5, 0.6) is 0 Å². The van der Waals surface area contributed by atoms with Crippen molar-refractivity contribution in [2.75, 3.05) is 0 Å². The van der Waals surface area contributed by atoms with E-state index >= 15 is 0 Å². The molecule has 0 aromatic rings. The zero-order valence-electron chi connectivity index (χ0n) is 27.2. The van der Waals surface area contributed by atoms with Crippen LogP contribution in [0.25, 0.3) is 0 Å². The van der Waals surface area contributed by atoms with E-state index in [4.69, 9.17) is 5.11 Å². The molecule has 9 atom stereocenters. The van der Waals surface area contributed by atoms with Gasteiger partial charge in [-0.3, -0.25) is 19.6 Å². The maximum atomic E-state index is 14.6. The van der Waals surface area contributed by atoms with E-state index in [2.05, 4.69) is 59.1 Å². The van der Waals surface area contributed by atoms with Gasteiger partial charge < -0.3 is 15.7 Å². The minimum Gasteiger partial charge on any atom is -0.481 e. The van der Waals surface area contributed by atoms with Crippen LogP contribution < -0.4 is 16.1 Å². The van der Waals surface area contributed by atoms with Gasteiger partial charge in [0.1, 0.15) is 0 Å². The monoisotopic (exact) mass is 599 g/mol. The van der Waals surface area contributed by atoms with Crippen molar-refractivity contribution in [1.29, 1.82) is 0 Å². The second-order valence-corrected chi connectivity index (χ2v) is 16.7. The van der Waals surface area contributed by atoms with Crippen molar-refractivity contribution in [2.45, 2.75) is 131 Å². The molecule has 0 aromatic carbocycles. The molecule has 5 aliphatic carbocycles. The second-order valence-electron chi connectivity index (χ2n) is 16.7. The molecule has 0 bridgehead atoms. The third-order valence-corrected chi connectivity index (χ3v) is 14.0. The Kier molecular flexibility index (Phi) is 7.67. The summed E-state index contributed by atoms with van der Waals surface area (Å²) in [5.74, 6) is -0.653. The minimum absolute atomic E-state index is 0.0196. The fourth-order valence-corrected chi connectivity index (χ4v) is 11.3. The lowest BCUT2D eigenvalue weighted by atomic mass is 9.33. The zero-order chi connectivity index (χ0) is 31.8. The topological polar surface area (TPSA) is 145 Å². The van der Waals surface area contributed by atoms with Crippen molar-refractivity contribution >= 4 is 23.7 Å². The van der Waals surface area contributed by atoms with E-state index in [1.807, 2.05) is 6.08 Å². The van der Waals surface area contributed by atoms with E-state index in [1.54, 1.807) is 5.48 Å². The van der Waals surface area contributed by atoms with E-state index < -0.39 is 17.5 Å². The molecule has 4 fully saturated rings. The van der Waals surface area contributed by atoms with E-state index in [9.17, 15) is 24.4 Å². The predicted molar refractivity (Wildman–Crippen MR) is 162 cm³/mol. The number of fused-ring (bicyclic) bond motifs is 7. The number of carboxylic acids is 1. The molecule has 5 N–H and O–H groups in total. The van der Waals surface area contributed by atoms with Crippen molar-refractivity contribution in [1.82, 2.24) is 16.1 Å². The van der Waals surface area contributed by atoms with Crippen LogP contribution in [0, 0.1) is 44.8 Å². The first-order chi connectivity index (χ1) is 19.9. The first-order valence-electron chi connectivity index (χ1n) is 16.3.